The monoisotopic (exact) mass is 323 g/mol. The topological polar surface area (TPSA) is 88.7 Å². The molecule has 1 aromatic carbocycles. The number of rotatable bonds is 8. The zero-order valence-corrected chi connectivity index (χ0v) is 13.8. The molecule has 0 bridgehead atoms. The molecule has 3 N–H and O–H groups in total. The molecule has 1 aromatic rings. The minimum atomic E-state index is -0.569. The highest BCUT2D eigenvalue weighted by molar-refractivity contribution is 5.91. The van der Waals surface area contributed by atoms with E-state index in [9.17, 15) is 9.59 Å². The summed E-state index contributed by atoms with van der Waals surface area (Å²) >= 11 is 0. The van der Waals surface area contributed by atoms with Crippen molar-refractivity contribution in [3.63, 3.8) is 0 Å². The Labute approximate surface area is 136 Å². The summed E-state index contributed by atoms with van der Waals surface area (Å²) in [5.41, 5.74) is 1.12. The average Bonchev–Trinajstić information content (AvgIpc) is 2.47. The highest BCUT2D eigenvalue weighted by Crippen LogP contribution is 2.15. The molecule has 128 valence electrons. The lowest BCUT2D eigenvalue weighted by atomic mass is 10.2. The number of carbonyl (C=O) groups is 2. The second kappa shape index (κ2) is 10.4. The average molecular weight is 323 g/mol. The molecule has 7 heteroatoms. The van der Waals surface area contributed by atoms with Crippen molar-refractivity contribution < 1.29 is 19.1 Å². The number of benzene rings is 1. The molecule has 1 rings (SSSR count). The summed E-state index contributed by atoms with van der Waals surface area (Å²) in [6.07, 6.45) is 1.36. The van der Waals surface area contributed by atoms with Gasteiger partial charge in [-0.1, -0.05) is 19.4 Å². The molecule has 0 saturated heterocycles. The van der Waals surface area contributed by atoms with Crippen molar-refractivity contribution in [1.29, 1.82) is 0 Å². The van der Waals surface area contributed by atoms with Crippen molar-refractivity contribution in [3.8, 4) is 0 Å². The van der Waals surface area contributed by atoms with Crippen LogP contribution in [0.2, 0.25) is 0 Å². The minimum absolute atomic E-state index is 0.108. The first-order valence-corrected chi connectivity index (χ1v) is 7.65. The summed E-state index contributed by atoms with van der Waals surface area (Å²) in [7, 11) is 1.53. The molecule has 3 amide bonds. The molecule has 1 atom stereocenters. The van der Waals surface area contributed by atoms with Gasteiger partial charge in [-0.25, -0.2) is 9.59 Å². The van der Waals surface area contributed by atoms with Gasteiger partial charge in [0, 0.05) is 24.5 Å². The van der Waals surface area contributed by atoms with Crippen molar-refractivity contribution in [1.82, 2.24) is 5.32 Å². The maximum absolute atomic E-state index is 11.9. The Balaban J connectivity index is 2.49. The number of anilines is 2. The largest absolute Gasteiger partial charge is 0.447 e. The molecular formula is C16H25N3O4. The lowest BCUT2D eigenvalue weighted by molar-refractivity contribution is 0.107. The van der Waals surface area contributed by atoms with Crippen LogP contribution in [0.3, 0.4) is 0 Å². The minimum Gasteiger partial charge on any atom is -0.447 e. The number of ether oxygens (including phenoxy) is 2. The number of methoxy groups -OCH3 is 1. The molecule has 0 heterocycles. The molecule has 1 unspecified atom stereocenters. The van der Waals surface area contributed by atoms with Crippen LogP contribution in [0.25, 0.3) is 0 Å². The molecule has 23 heavy (non-hydrogen) atoms. The van der Waals surface area contributed by atoms with Crippen LogP contribution in [0.15, 0.2) is 24.3 Å². The first kappa shape index (κ1) is 18.8. The van der Waals surface area contributed by atoms with E-state index in [1.165, 1.54) is 7.11 Å². The standard InChI is InChI=1S/C16H25N3O4/c1-4-6-12(2)17-15(20)18-13-7-5-8-14(11-13)19-16(21)23-10-9-22-3/h5,7-8,11-12H,4,6,9-10H2,1-3H3,(H,19,21)(H2,17,18,20). The van der Waals surface area contributed by atoms with Gasteiger partial charge in [0.1, 0.15) is 6.61 Å². The van der Waals surface area contributed by atoms with Crippen LogP contribution in [0.5, 0.6) is 0 Å². The van der Waals surface area contributed by atoms with Crippen LogP contribution in [-0.2, 0) is 9.47 Å². The fraction of sp³-hybridized carbons (Fsp3) is 0.500. The van der Waals surface area contributed by atoms with E-state index in [-0.39, 0.29) is 18.7 Å². The van der Waals surface area contributed by atoms with E-state index < -0.39 is 6.09 Å². The number of nitrogens with one attached hydrogen (secondary N) is 3. The molecule has 0 aliphatic heterocycles. The van der Waals surface area contributed by atoms with Crippen LogP contribution in [0, 0.1) is 0 Å². The third kappa shape index (κ3) is 8.06. The van der Waals surface area contributed by atoms with Crippen LogP contribution in [0.1, 0.15) is 26.7 Å². The van der Waals surface area contributed by atoms with E-state index in [2.05, 4.69) is 22.9 Å². The zero-order chi connectivity index (χ0) is 17.1. The summed E-state index contributed by atoms with van der Waals surface area (Å²) in [6.45, 7) is 4.54. The Hall–Kier alpha value is -2.28. The van der Waals surface area contributed by atoms with Gasteiger partial charge in [-0.15, -0.1) is 0 Å². The second-order valence-corrected chi connectivity index (χ2v) is 5.12. The van der Waals surface area contributed by atoms with E-state index in [4.69, 9.17) is 9.47 Å². The molecule has 0 spiro atoms. The smallest absolute Gasteiger partial charge is 0.411 e. The van der Waals surface area contributed by atoms with E-state index >= 15 is 0 Å². The van der Waals surface area contributed by atoms with Gasteiger partial charge in [0.15, 0.2) is 0 Å². The van der Waals surface area contributed by atoms with Crippen molar-refractivity contribution in [2.75, 3.05) is 31.0 Å². The normalized spacial score (nSPS) is 11.4. The lowest BCUT2D eigenvalue weighted by Crippen LogP contribution is -2.35. The molecule has 0 fully saturated rings. The van der Waals surface area contributed by atoms with Gasteiger partial charge in [-0.3, -0.25) is 5.32 Å². The molecular weight excluding hydrogens is 298 g/mol. The van der Waals surface area contributed by atoms with Gasteiger partial charge >= 0.3 is 12.1 Å². The summed E-state index contributed by atoms with van der Waals surface area (Å²) in [5.74, 6) is 0. The predicted molar refractivity (Wildman–Crippen MR) is 89.8 cm³/mol. The third-order valence-electron chi connectivity index (χ3n) is 2.99. The van der Waals surface area contributed by atoms with Gasteiger partial charge in [0.05, 0.1) is 6.61 Å². The SMILES string of the molecule is CCCC(C)NC(=O)Nc1cccc(NC(=O)OCCOC)c1. The van der Waals surface area contributed by atoms with Gasteiger partial charge < -0.3 is 20.1 Å². The van der Waals surface area contributed by atoms with Crippen molar-refractivity contribution >= 4 is 23.5 Å². The Kier molecular flexibility index (Phi) is 8.52. The van der Waals surface area contributed by atoms with Crippen molar-refractivity contribution in [3.05, 3.63) is 24.3 Å². The first-order chi connectivity index (χ1) is 11.0. The summed E-state index contributed by atoms with van der Waals surface area (Å²) < 4.78 is 9.71. The van der Waals surface area contributed by atoms with Gasteiger partial charge in [0.2, 0.25) is 0 Å². The maximum Gasteiger partial charge on any atom is 0.411 e. The van der Waals surface area contributed by atoms with E-state index in [1.54, 1.807) is 24.3 Å². The fourth-order valence-electron chi connectivity index (χ4n) is 1.94. The maximum atomic E-state index is 11.9. The number of amides is 3. The van der Waals surface area contributed by atoms with Crippen molar-refractivity contribution in [2.24, 2.45) is 0 Å². The Morgan fingerprint density at radius 1 is 1.17 bits per heavy atom. The van der Waals surface area contributed by atoms with Gasteiger partial charge in [0.25, 0.3) is 0 Å². The van der Waals surface area contributed by atoms with Crippen LogP contribution in [0.4, 0.5) is 21.0 Å². The molecule has 0 radical (unpaired) electrons. The summed E-state index contributed by atoms with van der Waals surface area (Å²) in [5, 5.41) is 8.17. The summed E-state index contributed by atoms with van der Waals surface area (Å²) in [4.78, 5) is 23.4. The Morgan fingerprint density at radius 2 is 1.87 bits per heavy atom. The van der Waals surface area contributed by atoms with Crippen LogP contribution < -0.4 is 16.0 Å². The Morgan fingerprint density at radius 3 is 2.52 bits per heavy atom. The lowest BCUT2D eigenvalue weighted by Gasteiger charge is -2.14. The zero-order valence-electron chi connectivity index (χ0n) is 13.8. The van der Waals surface area contributed by atoms with Crippen molar-refractivity contribution in [2.45, 2.75) is 32.7 Å². The first-order valence-electron chi connectivity index (χ1n) is 7.65. The predicted octanol–water partition coefficient (Wildman–Crippen LogP) is 3.19. The van der Waals surface area contributed by atoms with Crippen LogP contribution in [-0.4, -0.2) is 38.5 Å². The molecule has 7 nitrogen and oxygen atoms in total. The Bertz CT molecular complexity index is 508. The van der Waals surface area contributed by atoms with Crippen LogP contribution >= 0.6 is 0 Å². The van der Waals surface area contributed by atoms with E-state index in [0.29, 0.717) is 18.0 Å². The fourth-order valence-corrected chi connectivity index (χ4v) is 1.94. The third-order valence-corrected chi connectivity index (χ3v) is 2.99. The number of carbonyl (C=O) groups excluding carboxylic acids is 2. The quantitative estimate of drug-likeness (QED) is 0.641. The second-order valence-electron chi connectivity index (χ2n) is 5.12. The van der Waals surface area contributed by atoms with E-state index in [1.807, 2.05) is 6.92 Å². The highest BCUT2D eigenvalue weighted by Gasteiger charge is 2.08. The molecule has 0 aromatic heterocycles. The van der Waals surface area contributed by atoms with Gasteiger partial charge in [-0.05, 0) is 31.5 Å². The molecule has 0 aliphatic rings. The number of hydrogen-bond acceptors (Lipinski definition) is 4. The number of hydrogen-bond donors (Lipinski definition) is 3. The molecule has 0 aliphatic carbocycles. The van der Waals surface area contributed by atoms with E-state index in [0.717, 1.165) is 12.8 Å². The van der Waals surface area contributed by atoms with Gasteiger partial charge in [-0.2, -0.15) is 0 Å². The number of urea groups is 1. The summed E-state index contributed by atoms with van der Waals surface area (Å²) in [6, 6.07) is 6.67. The molecule has 0 saturated carbocycles. The highest BCUT2D eigenvalue weighted by atomic mass is 16.6.